The van der Waals surface area contributed by atoms with Crippen LogP contribution in [-0.2, 0) is 6.42 Å². The molecule has 0 unspecified atom stereocenters. The minimum Gasteiger partial charge on any atom is -0.444 e. The topological polar surface area (TPSA) is 73.0 Å². The molecule has 152 valence electrons. The summed E-state index contributed by atoms with van der Waals surface area (Å²) in [5.74, 6) is 0.401. The quantitative estimate of drug-likeness (QED) is 0.487. The normalized spacial score (nSPS) is 10.9. The summed E-state index contributed by atoms with van der Waals surface area (Å²) in [5, 5.41) is 7.86. The molecule has 0 bridgehead atoms. The first-order valence-electron chi connectivity index (χ1n) is 9.61. The lowest BCUT2D eigenvalue weighted by Crippen LogP contribution is -2.26. The van der Waals surface area contributed by atoms with Gasteiger partial charge in [-0.25, -0.2) is 9.67 Å². The van der Waals surface area contributed by atoms with Crippen molar-refractivity contribution < 1.29 is 9.21 Å². The predicted molar refractivity (Wildman–Crippen MR) is 116 cm³/mol. The Labute approximate surface area is 179 Å². The zero-order valence-corrected chi connectivity index (χ0v) is 17.5. The number of benzene rings is 2. The van der Waals surface area contributed by atoms with E-state index in [1.165, 1.54) is 5.56 Å². The van der Waals surface area contributed by atoms with Gasteiger partial charge in [-0.15, -0.1) is 0 Å². The number of halogens is 1. The molecular formula is C23H21ClN4O2. The van der Waals surface area contributed by atoms with E-state index in [4.69, 9.17) is 16.0 Å². The van der Waals surface area contributed by atoms with Crippen LogP contribution in [0.1, 0.15) is 27.3 Å². The molecule has 30 heavy (non-hydrogen) atoms. The zero-order valence-electron chi connectivity index (χ0n) is 16.7. The highest BCUT2D eigenvalue weighted by molar-refractivity contribution is 6.30. The number of hydrogen-bond donors (Lipinski definition) is 1. The molecule has 0 aliphatic rings. The molecule has 0 saturated carbocycles. The smallest absolute Gasteiger partial charge is 0.254 e. The molecule has 0 aliphatic heterocycles. The van der Waals surface area contributed by atoms with Crippen LogP contribution in [0, 0.1) is 13.8 Å². The summed E-state index contributed by atoms with van der Waals surface area (Å²) in [4.78, 5) is 17.1. The van der Waals surface area contributed by atoms with E-state index in [9.17, 15) is 4.79 Å². The van der Waals surface area contributed by atoms with Crippen molar-refractivity contribution in [2.24, 2.45) is 0 Å². The second kappa shape index (κ2) is 8.55. The molecule has 6 nitrogen and oxygen atoms in total. The van der Waals surface area contributed by atoms with Gasteiger partial charge >= 0.3 is 0 Å². The molecule has 7 heteroatoms. The zero-order chi connectivity index (χ0) is 21.1. The highest BCUT2D eigenvalue weighted by atomic mass is 35.5. The molecular weight excluding hydrogens is 400 g/mol. The lowest BCUT2D eigenvalue weighted by atomic mass is 10.1. The van der Waals surface area contributed by atoms with Gasteiger partial charge in [-0.2, -0.15) is 5.10 Å². The monoisotopic (exact) mass is 420 g/mol. The Hall–Kier alpha value is -3.38. The number of aromatic nitrogens is 3. The highest BCUT2D eigenvalue weighted by Gasteiger charge is 2.15. The molecule has 2 aromatic heterocycles. The average Bonchev–Trinajstić information content (AvgIpc) is 3.35. The van der Waals surface area contributed by atoms with Gasteiger partial charge in [-0.05, 0) is 44.2 Å². The third kappa shape index (κ3) is 4.28. The van der Waals surface area contributed by atoms with Gasteiger partial charge in [-0.3, -0.25) is 4.79 Å². The number of nitrogens with zero attached hydrogens (tertiary/aromatic N) is 3. The maximum atomic E-state index is 12.6. The first-order valence-corrected chi connectivity index (χ1v) is 9.99. The Balaban J connectivity index is 1.37. The second-order valence-electron chi connectivity index (χ2n) is 7.05. The fourth-order valence-electron chi connectivity index (χ4n) is 3.15. The summed E-state index contributed by atoms with van der Waals surface area (Å²) in [6.07, 6.45) is 3.77. The Morgan fingerprint density at radius 2 is 1.97 bits per heavy atom. The van der Waals surface area contributed by atoms with Crippen LogP contribution in [-0.4, -0.2) is 27.2 Å². The molecule has 0 atom stereocenters. The lowest BCUT2D eigenvalue weighted by molar-refractivity contribution is 0.0953. The number of oxazole rings is 1. The van der Waals surface area contributed by atoms with Gasteiger partial charge in [0, 0.05) is 23.6 Å². The van der Waals surface area contributed by atoms with Crippen LogP contribution in [0.15, 0.2) is 65.4 Å². The molecule has 4 aromatic rings. The predicted octanol–water partition coefficient (Wildman–Crippen LogP) is 4.77. The molecule has 0 radical (unpaired) electrons. The van der Waals surface area contributed by atoms with E-state index in [0.29, 0.717) is 29.4 Å². The van der Waals surface area contributed by atoms with Gasteiger partial charge in [0.1, 0.15) is 6.26 Å². The van der Waals surface area contributed by atoms with Gasteiger partial charge in [-0.1, -0.05) is 35.4 Å². The maximum Gasteiger partial charge on any atom is 0.254 e. The molecule has 2 heterocycles. The van der Waals surface area contributed by atoms with Crippen molar-refractivity contribution in [3.63, 3.8) is 0 Å². The molecule has 0 saturated heterocycles. The molecule has 2 aromatic carbocycles. The maximum absolute atomic E-state index is 12.6. The number of rotatable bonds is 6. The van der Waals surface area contributed by atoms with Crippen molar-refractivity contribution in [3.05, 3.63) is 88.5 Å². The first kappa shape index (κ1) is 19.9. The fraction of sp³-hybridized carbons (Fsp3) is 0.174. The molecule has 0 fully saturated rings. The van der Waals surface area contributed by atoms with Crippen LogP contribution < -0.4 is 5.32 Å². The molecule has 1 N–H and O–H groups in total. The number of nitrogens with one attached hydrogen (secondary N) is 1. The summed E-state index contributed by atoms with van der Waals surface area (Å²) in [6.45, 7) is 4.34. The lowest BCUT2D eigenvalue weighted by Gasteiger charge is -2.06. The number of carbonyl (C=O) groups excluding carboxylic acids is 1. The first-order chi connectivity index (χ1) is 14.5. The minimum absolute atomic E-state index is 0.178. The van der Waals surface area contributed by atoms with E-state index < -0.39 is 0 Å². The van der Waals surface area contributed by atoms with Crippen LogP contribution in [0.4, 0.5) is 0 Å². The fourth-order valence-corrected chi connectivity index (χ4v) is 3.34. The Kier molecular flexibility index (Phi) is 5.68. The van der Waals surface area contributed by atoms with Crippen molar-refractivity contribution in [1.29, 1.82) is 0 Å². The summed E-state index contributed by atoms with van der Waals surface area (Å²) in [5.41, 5.74) is 4.98. The van der Waals surface area contributed by atoms with E-state index in [1.54, 1.807) is 29.3 Å². The van der Waals surface area contributed by atoms with Crippen LogP contribution in [0.5, 0.6) is 0 Å². The molecule has 1 amide bonds. The average molecular weight is 421 g/mol. The van der Waals surface area contributed by atoms with Crippen LogP contribution >= 0.6 is 11.6 Å². The van der Waals surface area contributed by atoms with Crippen molar-refractivity contribution in [3.8, 4) is 17.1 Å². The van der Waals surface area contributed by atoms with Gasteiger partial charge in [0.15, 0.2) is 0 Å². The van der Waals surface area contributed by atoms with Gasteiger partial charge in [0.25, 0.3) is 5.91 Å². The largest absolute Gasteiger partial charge is 0.444 e. The minimum atomic E-state index is -0.178. The Bertz CT molecular complexity index is 1180. The van der Waals surface area contributed by atoms with Crippen molar-refractivity contribution in [2.75, 3.05) is 6.54 Å². The summed E-state index contributed by atoms with van der Waals surface area (Å²) >= 11 is 6.06. The van der Waals surface area contributed by atoms with Crippen molar-refractivity contribution in [1.82, 2.24) is 20.1 Å². The van der Waals surface area contributed by atoms with Crippen molar-refractivity contribution in [2.45, 2.75) is 20.3 Å². The van der Waals surface area contributed by atoms with Gasteiger partial charge < -0.3 is 9.73 Å². The van der Waals surface area contributed by atoms with Crippen LogP contribution in [0.2, 0.25) is 5.02 Å². The van der Waals surface area contributed by atoms with E-state index in [2.05, 4.69) is 15.4 Å². The molecule has 0 spiro atoms. The molecule has 0 aliphatic carbocycles. The van der Waals surface area contributed by atoms with Gasteiger partial charge in [0.2, 0.25) is 5.89 Å². The number of carbonyl (C=O) groups is 1. The third-order valence-corrected chi connectivity index (χ3v) is 5.06. The van der Waals surface area contributed by atoms with Gasteiger partial charge in [0.05, 0.1) is 28.8 Å². The Morgan fingerprint density at radius 3 is 2.73 bits per heavy atom. The SMILES string of the molecule is Cc1ccc(-c2nc(CCNC(=O)c3cnn(-c4cccc(Cl)c4)c3C)co2)cc1. The number of hydrogen-bond acceptors (Lipinski definition) is 4. The standard InChI is InChI=1S/C23H21ClN4O2/c1-15-6-8-17(9-7-15)23-27-19(14-30-23)10-11-25-22(29)21-13-26-28(16(21)2)20-5-3-4-18(24)12-20/h3-9,12-14H,10-11H2,1-2H3,(H,25,29). The molecule has 4 rings (SSSR count). The van der Waals surface area contributed by atoms with E-state index >= 15 is 0 Å². The number of aryl methyl sites for hydroxylation is 1. The van der Waals surface area contributed by atoms with Crippen LogP contribution in [0.3, 0.4) is 0 Å². The summed E-state index contributed by atoms with van der Waals surface area (Å²) in [7, 11) is 0. The highest BCUT2D eigenvalue weighted by Crippen LogP contribution is 2.20. The third-order valence-electron chi connectivity index (χ3n) is 4.82. The Morgan fingerprint density at radius 1 is 1.17 bits per heavy atom. The van der Waals surface area contributed by atoms with E-state index in [1.807, 2.05) is 50.2 Å². The number of amides is 1. The van der Waals surface area contributed by atoms with E-state index in [0.717, 1.165) is 22.6 Å². The summed E-state index contributed by atoms with van der Waals surface area (Å²) in [6, 6.07) is 15.3. The van der Waals surface area contributed by atoms with Crippen LogP contribution in [0.25, 0.3) is 17.1 Å². The van der Waals surface area contributed by atoms with E-state index in [-0.39, 0.29) is 5.91 Å². The summed E-state index contributed by atoms with van der Waals surface area (Å²) < 4.78 is 7.27. The second-order valence-corrected chi connectivity index (χ2v) is 7.49. The van der Waals surface area contributed by atoms with Crippen molar-refractivity contribution >= 4 is 17.5 Å².